The van der Waals surface area contributed by atoms with Crippen LogP contribution in [-0.2, 0) is 0 Å². The minimum atomic E-state index is -1.00. The van der Waals surface area contributed by atoms with Gasteiger partial charge >= 0.3 is 5.69 Å². The van der Waals surface area contributed by atoms with Gasteiger partial charge in [-0.3, -0.25) is 14.9 Å². The summed E-state index contributed by atoms with van der Waals surface area (Å²) < 4.78 is 19.5. The summed E-state index contributed by atoms with van der Waals surface area (Å²) in [6.07, 6.45) is 0.601. The van der Waals surface area contributed by atoms with Crippen LogP contribution in [0.15, 0.2) is 40.9 Å². The van der Waals surface area contributed by atoms with E-state index in [9.17, 15) is 19.3 Å². The molecule has 0 amide bonds. The smallest absolute Gasteiger partial charge is 0.305 e. The molecule has 7 heteroatoms. The summed E-state index contributed by atoms with van der Waals surface area (Å²) in [7, 11) is 0. The van der Waals surface area contributed by atoms with E-state index in [4.69, 9.17) is 4.74 Å². The zero-order valence-corrected chi connectivity index (χ0v) is 11.5. The highest BCUT2D eigenvalue weighted by Crippen LogP contribution is 2.30. The van der Waals surface area contributed by atoms with Crippen molar-refractivity contribution in [1.29, 1.82) is 0 Å². The van der Waals surface area contributed by atoms with E-state index in [2.05, 4.69) is 15.9 Å². The van der Waals surface area contributed by atoms with Gasteiger partial charge < -0.3 is 4.74 Å². The number of carbonyl (C=O) groups is 1. The van der Waals surface area contributed by atoms with Gasteiger partial charge in [0.1, 0.15) is 11.5 Å². The van der Waals surface area contributed by atoms with E-state index in [1.807, 2.05) is 0 Å². The van der Waals surface area contributed by atoms with Crippen LogP contribution in [0.5, 0.6) is 11.5 Å². The number of aldehydes is 1. The lowest BCUT2D eigenvalue weighted by Gasteiger charge is -2.08. The highest BCUT2D eigenvalue weighted by molar-refractivity contribution is 9.10. The number of nitrogens with zero attached hydrogens (tertiary/aromatic N) is 1. The second-order valence-corrected chi connectivity index (χ2v) is 4.69. The average molecular weight is 340 g/mol. The highest BCUT2D eigenvalue weighted by Gasteiger charge is 2.15. The Bertz CT molecular complexity index is 690. The van der Waals surface area contributed by atoms with Gasteiger partial charge in [-0.05, 0) is 24.3 Å². The van der Waals surface area contributed by atoms with Crippen LogP contribution in [-0.4, -0.2) is 11.2 Å². The quantitative estimate of drug-likeness (QED) is 0.477. The SMILES string of the molecule is O=Cc1ccc(Br)cc1Oc1ccc([N+](=O)[O-])c(F)c1. The van der Waals surface area contributed by atoms with E-state index in [1.165, 1.54) is 12.1 Å². The Kier molecular flexibility index (Phi) is 4.09. The Hall–Kier alpha value is -2.28. The number of ether oxygens (including phenoxy) is 1. The van der Waals surface area contributed by atoms with Gasteiger partial charge in [0.15, 0.2) is 6.29 Å². The molecule has 2 aromatic rings. The first-order chi connectivity index (χ1) is 9.51. The van der Waals surface area contributed by atoms with Gasteiger partial charge in [0, 0.05) is 16.6 Å². The molecule has 0 unspecified atom stereocenters. The molecule has 5 nitrogen and oxygen atoms in total. The number of rotatable bonds is 4. The van der Waals surface area contributed by atoms with Gasteiger partial charge in [-0.2, -0.15) is 4.39 Å². The molecule has 0 aliphatic rings. The van der Waals surface area contributed by atoms with Crippen molar-refractivity contribution in [1.82, 2.24) is 0 Å². The van der Waals surface area contributed by atoms with E-state index < -0.39 is 16.4 Å². The van der Waals surface area contributed by atoms with Crippen LogP contribution in [0.3, 0.4) is 0 Å². The number of nitro groups is 1. The van der Waals surface area contributed by atoms with Crippen molar-refractivity contribution in [3.63, 3.8) is 0 Å². The van der Waals surface area contributed by atoms with Crippen molar-refractivity contribution >= 4 is 27.9 Å². The third-order valence-corrected chi connectivity index (χ3v) is 2.94. The molecular formula is C13H7BrFNO4. The maximum atomic E-state index is 13.5. The molecule has 0 aliphatic carbocycles. The largest absolute Gasteiger partial charge is 0.456 e. The maximum absolute atomic E-state index is 13.5. The third-order valence-electron chi connectivity index (χ3n) is 2.45. The summed E-state index contributed by atoms with van der Waals surface area (Å²) in [4.78, 5) is 20.6. The zero-order valence-electron chi connectivity index (χ0n) is 9.88. The average Bonchev–Trinajstić information content (AvgIpc) is 2.38. The van der Waals surface area contributed by atoms with Crippen molar-refractivity contribution in [3.05, 3.63) is 62.4 Å². The summed E-state index contributed by atoms with van der Waals surface area (Å²) in [5, 5.41) is 10.5. The van der Waals surface area contributed by atoms with Gasteiger partial charge in [-0.15, -0.1) is 0 Å². The summed E-state index contributed by atoms with van der Waals surface area (Å²) in [6.45, 7) is 0. The molecule has 0 radical (unpaired) electrons. The zero-order chi connectivity index (χ0) is 14.7. The summed E-state index contributed by atoms with van der Waals surface area (Å²) in [6, 6.07) is 7.90. The normalized spacial score (nSPS) is 10.1. The molecule has 0 atom stereocenters. The lowest BCUT2D eigenvalue weighted by Crippen LogP contribution is -1.94. The number of benzene rings is 2. The minimum Gasteiger partial charge on any atom is -0.456 e. The first kappa shape index (κ1) is 14.1. The fourth-order valence-electron chi connectivity index (χ4n) is 1.52. The molecule has 0 spiro atoms. The molecule has 0 saturated carbocycles. The van der Waals surface area contributed by atoms with Crippen LogP contribution < -0.4 is 4.74 Å². The molecule has 0 aliphatic heterocycles. The molecule has 0 fully saturated rings. The number of halogens is 2. The van der Waals surface area contributed by atoms with Crippen molar-refractivity contribution in [2.24, 2.45) is 0 Å². The van der Waals surface area contributed by atoms with Crippen LogP contribution >= 0.6 is 15.9 Å². The Labute approximate surface area is 121 Å². The molecule has 0 N–H and O–H groups in total. The van der Waals surface area contributed by atoms with Gasteiger partial charge in [-0.1, -0.05) is 15.9 Å². The fourth-order valence-corrected chi connectivity index (χ4v) is 1.86. The van der Waals surface area contributed by atoms with E-state index in [0.29, 0.717) is 10.8 Å². The minimum absolute atomic E-state index is 0.0642. The Morgan fingerprint density at radius 1 is 1.25 bits per heavy atom. The maximum Gasteiger partial charge on any atom is 0.305 e. The van der Waals surface area contributed by atoms with Crippen LogP contribution in [0.4, 0.5) is 10.1 Å². The van der Waals surface area contributed by atoms with Crippen LogP contribution in [0, 0.1) is 15.9 Å². The van der Waals surface area contributed by atoms with E-state index in [-0.39, 0.29) is 17.1 Å². The standard InChI is InChI=1S/C13H7BrFNO4/c14-9-2-1-8(7-17)13(5-9)20-10-3-4-12(16(18)19)11(15)6-10/h1-7H. The van der Waals surface area contributed by atoms with Crippen molar-refractivity contribution in [3.8, 4) is 11.5 Å². The number of hydrogen-bond donors (Lipinski definition) is 0. The monoisotopic (exact) mass is 339 g/mol. The molecule has 2 aromatic carbocycles. The lowest BCUT2D eigenvalue weighted by molar-refractivity contribution is -0.387. The molecular weight excluding hydrogens is 333 g/mol. The Morgan fingerprint density at radius 2 is 2.00 bits per heavy atom. The Morgan fingerprint density at radius 3 is 2.60 bits per heavy atom. The van der Waals surface area contributed by atoms with Crippen molar-refractivity contribution in [2.75, 3.05) is 0 Å². The second kappa shape index (κ2) is 5.79. The predicted octanol–water partition coefficient (Wildman–Crippen LogP) is 4.10. The van der Waals surface area contributed by atoms with Crippen LogP contribution in [0.25, 0.3) is 0 Å². The second-order valence-electron chi connectivity index (χ2n) is 3.77. The van der Waals surface area contributed by atoms with Gasteiger partial charge in [0.2, 0.25) is 5.82 Å². The van der Waals surface area contributed by atoms with Gasteiger partial charge in [0.05, 0.1) is 10.5 Å². The summed E-state index contributed by atoms with van der Waals surface area (Å²) in [5.41, 5.74) is -0.353. The third kappa shape index (κ3) is 3.00. The number of hydrogen-bond acceptors (Lipinski definition) is 4. The Balaban J connectivity index is 2.35. The molecule has 0 aromatic heterocycles. The van der Waals surface area contributed by atoms with Crippen molar-refractivity contribution in [2.45, 2.75) is 0 Å². The molecule has 0 bridgehead atoms. The summed E-state index contributed by atoms with van der Waals surface area (Å²) in [5.74, 6) is -0.716. The highest BCUT2D eigenvalue weighted by atomic mass is 79.9. The van der Waals surface area contributed by atoms with E-state index >= 15 is 0 Å². The fraction of sp³-hybridized carbons (Fsp3) is 0. The topological polar surface area (TPSA) is 69.4 Å². The number of carbonyl (C=O) groups excluding carboxylic acids is 1. The molecule has 0 heterocycles. The number of nitro benzene ring substituents is 1. The first-order valence-corrected chi connectivity index (χ1v) is 6.17. The van der Waals surface area contributed by atoms with Crippen LogP contribution in [0.1, 0.15) is 10.4 Å². The predicted molar refractivity (Wildman–Crippen MR) is 72.7 cm³/mol. The lowest BCUT2D eigenvalue weighted by atomic mass is 10.2. The molecule has 2 rings (SSSR count). The van der Waals surface area contributed by atoms with Gasteiger partial charge in [-0.25, -0.2) is 0 Å². The molecule has 0 saturated heterocycles. The van der Waals surface area contributed by atoms with Crippen molar-refractivity contribution < 1.29 is 18.8 Å². The summed E-state index contributed by atoms with van der Waals surface area (Å²) >= 11 is 3.22. The van der Waals surface area contributed by atoms with E-state index in [1.54, 1.807) is 12.1 Å². The van der Waals surface area contributed by atoms with Crippen LogP contribution in [0.2, 0.25) is 0 Å². The molecule has 102 valence electrons. The van der Waals surface area contributed by atoms with E-state index in [0.717, 1.165) is 12.1 Å². The molecule has 20 heavy (non-hydrogen) atoms. The van der Waals surface area contributed by atoms with Gasteiger partial charge in [0.25, 0.3) is 0 Å². The first-order valence-electron chi connectivity index (χ1n) is 5.38.